The minimum atomic E-state index is 0.291. The predicted molar refractivity (Wildman–Crippen MR) is 97.1 cm³/mol. The molecule has 6 heteroatoms. The van der Waals surface area contributed by atoms with Crippen molar-refractivity contribution < 1.29 is 4.79 Å². The van der Waals surface area contributed by atoms with E-state index in [-0.39, 0.29) is 0 Å². The summed E-state index contributed by atoms with van der Waals surface area (Å²) in [5.74, 6) is 0.291. The predicted octanol–water partition coefficient (Wildman–Crippen LogP) is 2.93. The molecule has 2 aromatic rings. The Hall–Kier alpha value is -1.85. The lowest BCUT2D eigenvalue weighted by atomic mass is 10.1. The summed E-state index contributed by atoms with van der Waals surface area (Å²) < 4.78 is 2.09. The van der Waals surface area contributed by atoms with E-state index in [0.717, 1.165) is 56.2 Å². The Morgan fingerprint density at radius 2 is 2.08 bits per heavy atom. The summed E-state index contributed by atoms with van der Waals surface area (Å²) in [5, 5.41) is 5.24. The maximum atomic E-state index is 12.1. The standard InChI is InChI=1S/C19H23ClN4O/c20-18-5-2-1-4-15(18)12-23-14-17-7-9-21-24(17)11-8-16(23)13-22-10-3-6-19(22)25/h1-2,4-5,7,9,16H,3,6,8,10-14H2/t16-/m0/s1. The topological polar surface area (TPSA) is 41.4 Å². The third-order valence-electron chi connectivity index (χ3n) is 5.29. The number of carbonyl (C=O) groups excluding carboxylic acids is 1. The fourth-order valence-electron chi connectivity index (χ4n) is 3.88. The Balaban J connectivity index is 1.57. The molecular weight excluding hydrogens is 336 g/mol. The molecule has 0 aliphatic carbocycles. The molecule has 1 fully saturated rings. The highest BCUT2D eigenvalue weighted by molar-refractivity contribution is 6.31. The SMILES string of the molecule is O=C1CCCN1C[C@@H]1CCn2nccc2CN1Cc1ccccc1Cl. The highest BCUT2D eigenvalue weighted by Gasteiger charge is 2.29. The maximum absolute atomic E-state index is 12.1. The molecule has 0 radical (unpaired) electrons. The second-order valence-corrected chi connectivity index (χ2v) is 7.34. The van der Waals surface area contributed by atoms with Crippen LogP contribution in [0, 0.1) is 0 Å². The van der Waals surface area contributed by atoms with E-state index in [0.29, 0.717) is 18.4 Å². The van der Waals surface area contributed by atoms with Gasteiger partial charge in [0.05, 0.1) is 5.69 Å². The van der Waals surface area contributed by atoms with Crippen LogP contribution >= 0.6 is 11.6 Å². The van der Waals surface area contributed by atoms with E-state index < -0.39 is 0 Å². The first-order valence-electron chi connectivity index (χ1n) is 8.96. The second-order valence-electron chi connectivity index (χ2n) is 6.93. The van der Waals surface area contributed by atoms with Crippen molar-refractivity contribution in [1.29, 1.82) is 0 Å². The van der Waals surface area contributed by atoms with Crippen LogP contribution in [0.15, 0.2) is 36.5 Å². The molecule has 0 saturated carbocycles. The number of aryl methyl sites for hydroxylation is 1. The van der Waals surface area contributed by atoms with E-state index in [1.807, 2.05) is 29.3 Å². The van der Waals surface area contributed by atoms with Gasteiger partial charge in [-0.25, -0.2) is 0 Å². The monoisotopic (exact) mass is 358 g/mol. The molecule has 25 heavy (non-hydrogen) atoms. The van der Waals surface area contributed by atoms with Crippen LogP contribution < -0.4 is 0 Å². The average molecular weight is 359 g/mol. The van der Waals surface area contributed by atoms with E-state index in [9.17, 15) is 4.79 Å². The lowest BCUT2D eigenvalue weighted by Gasteiger charge is -2.33. The summed E-state index contributed by atoms with van der Waals surface area (Å²) in [7, 11) is 0. The molecule has 1 saturated heterocycles. The van der Waals surface area contributed by atoms with E-state index in [1.165, 1.54) is 5.69 Å². The summed E-state index contributed by atoms with van der Waals surface area (Å²) in [6, 6.07) is 10.4. The lowest BCUT2D eigenvalue weighted by Crippen LogP contribution is -2.43. The molecule has 1 atom stereocenters. The molecule has 3 heterocycles. The quantitative estimate of drug-likeness (QED) is 0.843. The van der Waals surface area contributed by atoms with Crippen LogP contribution in [-0.4, -0.2) is 44.6 Å². The van der Waals surface area contributed by atoms with Crippen molar-refractivity contribution in [3.63, 3.8) is 0 Å². The largest absolute Gasteiger partial charge is 0.341 e. The number of halogens is 1. The third kappa shape index (κ3) is 3.58. The van der Waals surface area contributed by atoms with Gasteiger partial charge in [0, 0.05) is 56.4 Å². The lowest BCUT2D eigenvalue weighted by molar-refractivity contribution is -0.128. The van der Waals surface area contributed by atoms with Crippen molar-refractivity contribution in [3.05, 3.63) is 52.8 Å². The smallest absolute Gasteiger partial charge is 0.222 e. The van der Waals surface area contributed by atoms with Crippen LogP contribution in [0.25, 0.3) is 0 Å². The maximum Gasteiger partial charge on any atom is 0.222 e. The fraction of sp³-hybridized carbons (Fsp3) is 0.474. The first kappa shape index (κ1) is 16.6. The molecule has 0 spiro atoms. The van der Waals surface area contributed by atoms with Gasteiger partial charge in [-0.2, -0.15) is 5.10 Å². The Bertz CT molecular complexity index is 759. The summed E-state index contributed by atoms with van der Waals surface area (Å²) >= 11 is 6.40. The number of amides is 1. The Morgan fingerprint density at radius 3 is 2.88 bits per heavy atom. The summed E-state index contributed by atoms with van der Waals surface area (Å²) in [6.45, 7) is 4.21. The zero-order chi connectivity index (χ0) is 17.2. The highest BCUT2D eigenvalue weighted by Crippen LogP contribution is 2.25. The van der Waals surface area contributed by atoms with Crippen molar-refractivity contribution in [3.8, 4) is 0 Å². The van der Waals surface area contributed by atoms with Crippen molar-refractivity contribution >= 4 is 17.5 Å². The van der Waals surface area contributed by atoms with E-state index in [4.69, 9.17) is 11.6 Å². The third-order valence-corrected chi connectivity index (χ3v) is 5.66. The summed E-state index contributed by atoms with van der Waals surface area (Å²) in [4.78, 5) is 16.6. The molecule has 0 N–H and O–H groups in total. The van der Waals surface area contributed by atoms with Crippen molar-refractivity contribution in [2.75, 3.05) is 13.1 Å². The van der Waals surface area contributed by atoms with Crippen molar-refractivity contribution in [1.82, 2.24) is 19.6 Å². The molecule has 0 unspecified atom stereocenters. The molecular formula is C19H23ClN4O. The zero-order valence-electron chi connectivity index (χ0n) is 14.3. The highest BCUT2D eigenvalue weighted by atomic mass is 35.5. The number of rotatable bonds is 4. The number of nitrogens with zero attached hydrogens (tertiary/aromatic N) is 4. The number of hydrogen-bond acceptors (Lipinski definition) is 3. The molecule has 1 amide bonds. The minimum Gasteiger partial charge on any atom is -0.341 e. The van der Waals surface area contributed by atoms with Gasteiger partial charge in [0.2, 0.25) is 5.91 Å². The number of likely N-dealkylation sites (tertiary alicyclic amines) is 1. The van der Waals surface area contributed by atoms with Crippen LogP contribution in [-0.2, 0) is 24.4 Å². The summed E-state index contributed by atoms with van der Waals surface area (Å²) in [5.41, 5.74) is 2.36. The number of aromatic nitrogens is 2. The molecule has 1 aromatic carbocycles. The van der Waals surface area contributed by atoms with Crippen LogP contribution in [0.4, 0.5) is 0 Å². The molecule has 5 nitrogen and oxygen atoms in total. The van der Waals surface area contributed by atoms with Crippen LogP contribution in [0.3, 0.4) is 0 Å². The van der Waals surface area contributed by atoms with Crippen LogP contribution in [0.1, 0.15) is 30.5 Å². The van der Waals surface area contributed by atoms with Crippen LogP contribution in [0.5, 0.6) is 0 Å². The van der Waals surface area contributed by atoms with E-state index in [2.05, 4.69) is 26.8 Å². The van der Waals surface area contributed by atoms with Crippen molar-refractivity contribution in [2.45, 2.75) is 44.9 Å². The molecule has 2 aliphatic heterocycles. The molecule has 0 bridgehead atoms. The minimum absolute atomic E-state index is 0.291. The first-order chi connectivity index (χ1) is 12.2. The molecule has 2 aliphatic rings. The average Bonchev–Trinajstić information content (AvgIpc) is 3.18. The second kappa shape index (κ2) is 7.18. The van der Waals surface area contributed by atoms with Gasteiger partial charge < -0.3 is 4.90 Å². The van der Waals surface area contributed by atoms with Gasteiger partial charge in [0.25, 0.3) is 0 Å². The number of hydrogen-bond donors (Lipinski definition) is 0. The Kier molecular flexibility index (Phi) is 4.77. The van der Waals surface area contributed by atoms with Crippen LogP contribution in [0.2, 0.25) is 5.02 Å². The van der Waals surface area contributed by atoms with Gasteiger partial charge >= 0.3 is 0 Å². The summed E-state index contributed by atoms with van der Waals surface area (Å²) in [6.07, 6.45) is 4.53. The molecule has 132 valence electrons. The van der Waals surface area contributed by atoms with Gasteiger partial charge in [0.1, 0.15) is 0 Å². The van der Waals surface area contributed by atoms with E-state index >= 15 is 0 Å². The van der Waals surface area contributed by atoms with Gasteiger partial charge in [-0.3, -0.25) is 14.4 Å². The van der Waals surface area contributed by atoms with E-state index in [1.54, 1.807) is 0 Å². The number of benzene rings is 1. The Morgan fingerprint density at radius 1 is 1.20 bits per heavy atom. The fourth-order valence-corrected chi connectivity index (χ4v) is 4.07. The number of carbonyl (C=O) groups is 1. The van der Waals surface area contributed by atoms with Crippen molar-refractivity contribution in [2.24, 2.45) is 0 Å². The molecule has 1 aromatic heterocycles. The zero-order valence-corrected chi connectivity index (χ0v) is 15.0. The van der Waals surface area contributed by atoms with Gasteiger partial charge in [-0.05, 0) is 30.5 Å². The van der Waals surface area contributed by atoms with Gasteiger partial charge in [0.15, 0.2) is 0 Å². The Labute approximate surface area is 153 Å². The molecule has 4 rings (SSSR count). The normalized spacial score (nSPS) is 21.4. The van der Waals surface area contributed by atoms with Gasteiger partial charge in [-0.15, -0.1) is 0 Å². The number of fused-ring (bicyclic) bond motifs is 1. The first-order valence-corrected chi connectivity index (χ1v) is 9.34. The van der Waals surface area contributed by atoms with Gasteiger partial charge in [-0.1, -0.05) is 29.8 Å².